The lowest BCUT2D eigenvalue weighted by Crippen LogP contribution is -2.57. The SMILES string of the molecule is CC(C)(C)OC(=O)N1CC(Nc2sc3c(ccc(=O)n3-c3ccccc3)c2C(=O)c2ccccc2)C1. The zero-order valence-electron chi connectivity index (χ0n) is 20.4. The summed E-state index contributed by atoms with van der Waals surface area (Å²) >= 11 is 1.38. The summed E-state index contributed by atoms with van der Waals surface area (Å²) in [6, 6.07) is 21.7. The minimum atomic E-state index is -0.558. The predicted octanol–water partition coefficient (Wildman–Crippen LogP) is 5.31. The van der Waals surface area contributed by atoms with Crippen LogP contribution in [0.5, 0.6) is 0 Å². The molecule has 2 aromatic heterocycles. The zero-order chi connectivity index (χ0) is 25.4. The number of nitrogens with zero attached hydrogens (tertiary/aromatic N) is 2. The fourth-order valence-corrected chi connectivity index (χ4v) is 5.49. The van der Waals surface area contributed by atoms with Gasteiger partial charge in [0.05, 0.1) is 17.3 Å². The molecule has 2 aromatic carbocycles. The number of carbonyl (C=O) groups is 2. The fraction of sp³-hybridized carbons (Fsp3) is 0.250. The number of pyridine rings is 1. The van der Waals surface area contributed by atoms with Crippen LogP contribution in [-0.2, 0) is 4.74 Å². The first-order chi connectivity index (χ1) is 17.2. The molecule has 0 spiro atoms. The van der Waals surface area contributed by atoms with E-state index in [0.29, 0.717) is 39.4 Å². The Bertz CT molecular complexity index is 1480. The maximum absolute atomic E-state index is 13.7. The second-order valence-corrected chi connectivity index (χ2v) is 10.8. The molecule has 184 valence electrons. The molecule has 5 rings (SSSR count). The van der Waals surface area contributed by atoms with E-state index in [4.69, 9.17) is 4.74 Å². The lowest BCUT2D eigenvalue weighted by Gasteiger charge is -2.40. The highest BCUT2D eigenvalue weighted by Gasteiger charge is 2.35. The molecule has 1 amide bonds. The first kappa shape index (κ1) is 23.8. The van der Waals surface area contributed by atoms with Gasteiger partial charge in [0.2, 0.25) is 0 Å². The normalized spacial score (nSPS) is 13.9. The van der Waals surface area contributed by atoms with Gasteiger partial charge < -0.3 is 15.0 Å². The summed E-state index contributed by atoms with van der Waals surface area (Å²) in [5.41, 5.74) is 1.11. The molecule has 1 saturated heterocycles. The average Bonchev–Trinajstić information content (AvgIpc) is 3.18. The molecule has 3 heterocycles. The van der Waals surface area contributed by atoms with Crippen LogP contribution in [0, 0.1) is 0 Å². The minimum Gasteiger partial charge on any atom is -0.444 e. The average molecular weight is 502 g/mol. The molecular weight excluding hydrogens is 474 g/mol. The highest BCUT2D eigenvalue weighted by Crippen LogP contribution is 2.38. The third-order valence-electron chi connectivity index (χ3n) is 5.89. The highest BCUT2D eigenvalue weighted by molar-refractivity contribution is 7.23. The monoisotopic (exact) mass is 501 g/mol. The summed E-state index contributed by atoms with van der Waals surface area (Å²) in [6.45, 7) is 6.45. The van der Waals surface area contributed by atoms with Gasteiger partial charge in [-0.3, -0.25) is 14.2 Å². The van der Waals surface area contributed by atoms with Crippen molar-refractivity contribution in [2.75, 3.05) is 18.4 Å². The van der Waals surface area contributed by atoms with Gasteiger partial charge in [-0.1, -0.05) is 59.9 Å². The lowest BCUT2D eigenvalue weighted by atomic mass is 10.0. The van der Waals surface area contributed by atoms with Crippen molar-refractivity contribution < 1.29 is 14.3 Å². The number of benzene rings is 2. The number of aromatic nitrogens is 1. The molecule has 0 atom stereocenters. The number of ketones is 1. The number of likely N-dealkylation sites (tertiary alicyclic amines) is 1. The van der Waals surface area contributed by atoms with Crippen molar-refractivity contribution in [2.24, 2.45) is 0 Å². The van der Waals surface area contributed by atoms with Gasteiger partial charge in [-0.05, 0) is 39.0 Å². The number of carbonyl (C=O) groups excluding carboxylic acids is 2. The van der Waals surface area contributed by atoms with Crippen molar-refractivity contribution in [3.05, 3.63) is 94.3 Å². The van der Waals surface area contributed by atoms with Gasteiger partial charge in [0, 0.05) is 30.1 Å². The van der Waals surface area contributed by atoms with Gasteiger partial charge in [-0.15, -0.1) is 0 Å². The molecular formula is C28H27N3O4S. The smallest absolute Gasteiger partial charge is 0.410 e. The van der Waals surface area contributed by atoms with Crippen molar-refractivity contribution in [3.63, 3.8) is 0 Å². The van der Waals surface area contributed by atoms with Gasteiger partial charge in [-0.2, -0.15) is 0 Å². The number of rotatable bonds is 5. The first-order valence-corrected chi connectivity index (χ1v) is 12.6. The largest absolute Gasteiger partial charge is 0.444 e. The molecule has 1 N–H and O–H groups in total. The zero-order valence-corrected chi connectivity index (χ0v) is 21.2. The van der Waals surface area contributed by atoms with Gasteiger partial charge in [0.25, 0.3) is 5.56 Å². The number of nitrogens with one attached hydrogen (secondary N) is 1. The standard InChI is InChI=1S/C28H27N3O4S/c1-28(2,3)35-27(34)30-16-19(17-30)29-25-23(24(33)18-10-6-4-7-11-18)21-14-15-22(32)31(26(21)36-25)20-12-8-5-9-13-20/h4-15,19,29H,16-17H2,1-3H3. The first-order valence-electron chi connectivity index (χ1n) is 11.8. The fourth-order valence-electron chi connectivity index (χ4n) is 4.20. The summed E-state index contributed by atoms with van der Waals surface area (Å²) < 4.78 is 7.10. The number of ether oxygens (including phenoxy) is 1. The third kappa shape index (κ3) is 4.64. The van der Waals surface area contributed by atoms with Crippen LogP contribution >= 0.6 is 11.3 Å². The van der Waals surface area contributed by atoms with E-state index in [9.17, 15) is 14.4 Å². The van der Waals surface area contributed by atoms with Gasteiger partial charge in [-0.25, -0.2) is 4.79 Å². The topological polar surface area (TPSA) is 80.6 Å². The third-order valence-corrected chi connectivity index (χ3v) is 7.01. The summed E-state index contributed by atoms with van der Waals surface area (Å²) in [6.07, 6.45) is -0.351. The molecule has 36 heavy (non-hydrogen) atoms. The second kappa shape index (κ2) is 9.28. The Balaban J connectivity index is 1.53. The molecule has 0 radical (unpaired) electrons. The van der Waals surface area contributed by atoms with E-state index in [0.717, 1.165) is 5.69 Å². The Morgan fingerprint density at radius 2 is 1.58 bits per heavy atom. The van der Waals surface area contributed by atoms with Gasteiger partial charge in [0.1, 0.15) is 15.4 Å². The van der Waals surface area contributed by atoms with Crippen molar-refractivity contribution >= 4 is 38.4 Å². The van der Waals surface area contributed by atoms with E-state index in [1.807, 2.05) is 69.3 Å². The molecule has 1 fully saturated rings. The summed E-state index contributed by atoms with van der Waals surface area (Å²) in [4.78, 5) is 41.3. The molecule has 0 saturated carbocycles. The van der Waals surface area contributed by atoms with E-state index in [-0.39, 0.29) is 23.5 Å². The van der Waals surface area contributed by atoms with Crippen LogP contribution in [0.15, 0.2) is 77.6 Å². The predicted molar refractivity (Wildman–Crippen MR) is 143 cm³/mol. The number of hydrogen-bond donors (Lipinski definition) is 1. The van der Waals surface area contributed by atoms with E-state index in [1.165, 1.54) is 17.4 Å². The molecule has 4 aromatic rings. The molecule has 1 aliphatic heterocycles. The van der Waals surface area contributed by atoms with Crippen LogP contribution in [0.4, 0.5) is 9.80 Å². The van der Waals surface area contributed by atoms with Crippen LogP contribution in [0.3, 0.4) is 0 Å². The van der Waals surface area contributed by atoms with Crippen LogP contribution in [0.1, 0.15) is 36.7 Å². The summed E-state index contributed by atoms with van der Waals surface area (Å²) in [7, 11) is 0. The molecule has 0 unspecified atom stereocenters. The van der Waals surface area contributed by atoms with E-state index >= 15 is 0 Å². The van der Waals surface area contributed by atoms with Crippen molar-refractivity contribution in [1.82, 2.24) is 9.47 Å². The van der Waals surface area contributed by atoms with Crippen LogP contribution < -0.4 is 10.9 Å². The van der Waals surface area contributed by atoms with Crippen molar-refractivity contribution in [2.45, 2.75) is 32.4 Å². The number of para-hydroxylation sites is 1. The Hall–Kier alpha value is -3.91. The number of amides is 1. The molecule has 0 aliphatic carbocycles. The number of fused-ring (bicyclic) bond motifs is 1. The van der Waals surface area contributed by atoms with Crippen LogP contribution in [0.2, 0.25) is 0 Å². The van der Waals surface area contributed by atoms with Crippen molar-refractivity contribution in [3.8, 4) is 5.69 Å². The Labute approximate surface area is 212 Å². The van der Waals surface area contributed by atoms with Gasteiger partial charge >= 0.3 is 6.09 Å². The van der Waals surface area contributed by atoms with E-state index in [1.54, 1.807) is 27.7 Å². The highest BCUT2D eigenvalue weighted by atomic mass is 32.1. The minimum absolute atomic E-state index is 0.0372. The van der Waals surface area contributed by atoms with Crippen LogP contribution in [0.25, 0.3) is 15.9 Å². The molecule has 7 nitrogen and oxygen atoms in total. The maximum Gasteiger partial charge on any atom is 0.410 e. The lowest BCUT2D eigenvalue weighted by molar-refractivity contribution is 0.0105. The second-order valence-electron chi connectivity index (χ2n) is 9.79. The number of thiophene rings is 1. The quantitative estimate of drug-likeness (QED) is 0.375. The van der Waals surface area contributed by atoms with E-state index < -0.39 is 5.60 Å². The summed E-state index contributed by atoms with van der Waals surface area (Å²) in [5, 5.41) is 4.86. The Morgan fingerprint density at radius 3 is 2.22 bits per heavy atom. The van der Waals surface area contributed by atoms with Crippen LogP contribution in [-0.4, -0.2) is 46.1 Å². The maximum atomic E-state index is 13.7. The molecule has 1 aliphatic rings. The molecule has 8 heteroatoms. The molecule has 0 bridgehead atoms. The van der Waals surface area contributed by atoms with E-state index in [2.05, 4.69) is 5.32 Å². The Morgan fingerprint density at radius 1 is 0.944 bits per heavy atom. The summed E-state index contributed by atoms with van der Waals surface area (Å²) in [5.74, 6) is -0.120. The van der Waals surface area contributed by atoms with Crippen molar-refractivity contribution in [1.29, 1.82) is 0 Å². The van der Waals surface area contributed by atoms with Gasteiger partial charge in [0.15, 0.2) is 5.78 Å². The number of anilines is 1. The Kier molecular flexibility index (Phi) is 6.14. The number of hydrogen-bond acceptors (Lipinski definition) is 6.